The van der Waals surface area contributed by atoms with E-state index in [0.29, 0.717) is 0 Å². The molecule has 2 aliphatic carbocycles. The van der Waals surface area contributed by atoms with Gasteiger partial charge in [0.15, 0.2) is 0 Å². The number of allylic oxidation sites excluding steroid dienone is 2. The summed E-state index contributed by atoms with van der Waals surface area (Å²) in [6, 6.07) is 0. The van der Waals surface area contributed by atoms with Gasteiger partial charge in [-0.05, 0) is 31.1 Å². The molecule has 0 N–H and O–H groups in total. The van der Waals surface area contributed by atoms with Crippen LogP contribution in [0.5, 0.6) is 0 Å². The van der Waals surface area contributed by atoms with E-state index in [4.69, 9.17) is 0 Å². The molecule has 2 rings (SSSR count). The molecule has 0 saturated heterocycles. The van der Waals surface area contributed by atoms with Crippen LogP contribution in [0.2, 0.25) is 0 Å². The van der Waals surface area contributed by atoms with Crippen LogP contribution in [0.25, 0.3) is 0 Å². The van der Waals surface area contributed by atoms with Crippen LogP contribution in [-0.2, 0) is 19.5 Å². The van der Waals surface area contributed by atoms with Crippen molar-refractivity contribution in [2.45, 2.75) is 19.3 Å². The van der Waals surface area contributed by atoms with Crippen LogP contribution in [0.1, 0.15) is 19.3 Å². The van der Waals surface area contributed by atoms with Crippen molar-refractivity contribution in [3.8, 4) is 0 Å². The normalized spacial score (nSPS) is 40.0. The van der Waals surface area contributed by atoms with E-state index in [1.54, 1.807) is 0 Å². The molecule has 0 aromatic rings. The van der Waals surface area contributed by atoms with E-state index in [2.05, 4.69) is 12.2 Å². The summed E-state index contributed by atoms with van der Waals surface area (Å²) in [5, 5.41) is 0. The first-order valence-electron chi connectivity index (χ1n) is 3.13. The Kier molecular flexibility index (Phi) is 1.87. The van der Waals surface area contributed by atoms with Crippen LogP contribution in [-0.4, -0.2) is 0 Å². The van der Waals surface area contributed by atoms with Gasteiger partial charge in [0.05, 0.1) is 0 Å². The Labute approximate surface area is 63.1 Å². The first-order chi connectivity index (χ1) is 3.45. The molecule has 0 nitrogen and oxygen atoms in total. The topological polar surface area (TPSA) is 0 Å². The molecule has 0 aromatic heterocycles. The molecule has 2 atom stereocenters. The van der Waals surface area contributed by atoms with Gasteiger partial charge in [-0.15, -0.1) is 0 Å². The van der Waals surface area contributed by atoms with Crippen molar-refractivity contribution < 1.29 is 19.5 Å². The maximum absolute atomic E-state index is 2.38. The SMILES string of the molecule is C1=CC2CCC1C2.[Zn]. The fraction of sp³-hybridized carbons (Fsp3) is 0.714. The molecule has 1 fully saturated rings. The van der Waals surface area contributed by atoms with Gasteiger partial charge in [-0.2, -0.15) is 0 Å². The largest absolute Gasteiger partial charge is 0.0851 e. The summed E-state index contributed by atoms with van der Waals surface area (Å²) in [6.45, 7) is 0. The summed E-state index contributed by atoms with van der Waals surface area (Å²) in [5.74, 6) is 1.98. The Bertz CT molecular complexity index is 95.0. The average Bonchev–Trinajstić information content (AvgIpc) is 2.22. The summed E-state index contributed by atoms with van der Waals surface area (Å²) in [4.78, 5) is 0. The molecule has 0 heterocycles. The van der Waals surface area contributed by atoms with Crippen LogP contribution < -0.4 is 0 Å². The van der Waals surface area contributed by atoms with E-state index >= 15 is 0 Å². The van der Waals surface area contributed by atoms with E-state index in [0.717, 1.165) is 11.8 Å². The second-order valence-corrected chi connectivity index (χ2v) is 2.72. The van der Waals surface area contributed by atoms with Crippen molar-refractivity contribution in [2.24, 2.45) is 11.8 Å². The van der Waals surface area contributed by atoms with E-state index in [1.165, 1.54) is 19.3 Å². The third-order valence-electron chi connectivity index (χ3n) is 2.17. The Morgan fingerprint density at radius 1 is 1.00 bits per heavy atom. The molecule has 2 bridgehead atoms. The summed E-state index contributed by atoms with van der Waals surface area (Å²) in [6.07, 6.45) is 9.19. The molecular formula is C7H10Zn. The van der Waals surface area contributed by atoms with E-state index in [9.17, 15) is 0 Å². The van der Waals surface area contributed by atoms with Crippen molar-refractivity contribution >= 4 is 0 Å². The molecule has 8 heavy (non-hydrogen) atoms. The van der Waals surface area contributed by atoms with Crippen molar-refractivity contribution in [1.29, 1.82) is 0 Å². The zero-order valence-corrected chi connectivity index (χ0v) is 8.10. The van der Waals surface area contributed by atoms with Crippen LogP contribution in [0.3, 0.4) is 0 Å². The van der Waals surface area contributed by atoms with Gasteiger partial charge in [-0.3, -0.25) is 0 Å². The van der Waals surface area contributed by atoms with Gasteiger partial charge < -0.3 is 0 Å². The number of hydrogen-bond acceptors (Lipinski definition) is 0. The van der Waals surface area contributed by atoms with Gasteiger partial charge in [0, 0.05) is 19.5 Å². The smallest absolute Gasteiger partial charge is 0 e. The number of rotatable bonds is 0. The number of hydrogen-bond donors (Lipinski definition) is 0. The second kappa shape index (κ2) is 2.31. The zero-order chi connectivity index (χ0) is 4.69. The quantitative estimate of drug-likeness (QED) is 0.375. The predicted octanol–water partition coefficient (Wildman–Crippen LogP) is 1.97. The number of fused-ring (bicyclic) bond motifs is 2. The summed E-state index contributed by atoms with van der Waals surface area (Å²) in [5.41, 5.74) is 0. The van der Waals surface area contributed by atoms with Crippen LogP contribution in [0, 0.1) is 11.8 Å². The fourth-order valence-corrected chi connectivity index (χ4v) is 1.72. The maximum Gasteiger partial charge on any atom is 0 e. The standard InChI is InChI=1S/C7H10.Zn/c1-2-7-4-3-6(1)5-7;/h1-2,6-7H,3-5H2;. The Morgan fingerprint density at radius 2 is 1.50 bits per heavy atom. The molecule has 0 radical (unpaired) electrons. The first kappa shape index (κ1) is 6.48. The van der Waals surface area contributed by atoms with Crippen molar-refractivity contribution in [3.05, 3.63) is 12.2 Å². The molecule has 1 heteroatoms. The molecule has 1 saturated carbocycles. The van der Waals surface area contributed by atoms with E-state index in [1.807, 2.05) is 0 Å². The molecule has 2 unspecified atom stereocenters. The minimum absolute atomic E-state index is 0. The fourth-order valence-electron chi connectivity index (χ4n) is 1.72. The van der Waals surface area contributed by atoms with Gasteiger partial charge in [-0.25, -0.2) is 0 Å². The molecule has 0 aromatic carbocycles. The minimum Gasteiger partial charge on any atom is -0.0851 e. The van der Waals surface area contributed by atoms with Crippen LogP contribution >= 0.6 is 0 Å². The molecule has 0 amide bonds. The Hall–Kier alpha value is 0.363. The average molecular weight is 160 g/mol. The van der Waals surface area contributed by atoms with Gasteiger partial charge in [0.2, 0.25) is 0 Å². The zero-order valence-electron chi connectivity index (χ0n) is 5.14. The summed E-state index contributed by atoms with van der Waals surface area (Å²) >= 11 is 0. The van der Waals surface area contributed by atoms with Crippen LogP contribution in [0.4, 0.5) is 0 Å². The van der Waals surface area contributed by atoms with Gasteiger partial charge in [-0.1, -0.05) is 12.2 Å². The van der Waals surface area contributed by atoms with Crippen molar-refractivity contribution in [2.75, 3.05) is 0 Å². The monoisotopic (exact) mass is 158 g/mol. The van der Waals surface area contributed by atoms with Gasteiger partial charge in [0.1, 0.15) is 0 Å². The third-order valence-corrected chi connectivity index (χ3v) is 2.17. The molecule has 40 valence electrons. The van der Waals surface area contributed by atoms with Gasteiger partial charge >= 0.3 is 0 Å². The maximum atomic E-state index is 2.38. The second-order valence-electron chi connectivity index (χ2n) is 2.72. The summed E-state index contributed by atoms with van der Waals surface area (Å²) in [7, 11) is 0. The minimum atomic E-state index is 0. The summed E-state index contributed by atoms with van der Waals surface area (Å²) < 4.78 is 0. The molecule has 0 aliphatic heterocycles. The van der Waals surface area contributed by atoms with Crippen molar-refractivity contribution in [1.82, 2.24) is 0 Å². The van der Waals surface area contributed by atoms with Crippen molar-refractivity contribution in [3.63, 3.8) is 0 Å². The predicted molar refractivity (Wildman–Crippen MR) is 30.0 cm³/mol. The molecule has 0 spiro atoms. The molecular weight excluding hydrogens is 149 g/mol. The Morgan fingerprint density at radius 3 is 1.62 bits per heavy atom. The van der Waals surface area contributed by atoms with E-state index in [-0.39, 0.29) is 19.5 Å². The third kappa shape index (κ3) is 0.887. The van der Waals surface area contributed by atoms with E-state index < -0.39 is 0 Å². The molecule has 2 aliphatic rings. The van der Waals surface area contributed by atoms with Gasteiger partial charge in [0.25, 0.3) is 0 Å². The first-order valence-corrected chi connectivity index (χ1v) is 3.13. The van der Waals surface area contributed by atoms with Crippen LogP contribution in [0.15, 0.2) is 12.2 Å². The Balaban J connectivity index is 0.000000320.